The van der Waals surface area contributed by atoms with Crippen LogP contribution in [0.15, 0.2) is 36.7 Å². The number of carbonyl (C=O) groups is 1. The summed E-state index contributed by atoms with van der Waals surface area (Å²) < 4.78 is 13.6. The first-order valence-corrected chi connectivity index (χ1v) is 7.45. The molecule has 1 aliphatic rings. The summed E-state index contributed by atoms with van der Waals surface area (Å²) in [6.45, 7) is 3.08. The molecule has 6 nitrogen and oxygen atoms in total. The van der Waals surface area contributed by atoms with Crippen LogP contribution in [0.5, 0.6) is 0 Å². The molecule has 1 amide bonds. The lowest BCUT2D eigenvalue weighted by Gasteiger charge is -2.32. The number of carbonyl (C=O) groups excluding carboxylic acids is 1. The van der Waals surface area contributed by atoms with Crippen LogP contribution in [0.3, 0.4) is 0 Å². The highest BCUT2D eigenvalue weighted by molar-refractivity contribution is 5.92. The summed E-state index contributed by atoms with van der Waals surface area (Å²) in [5.41, 5.74) is 0.619. The second-order valence-electron chi connectivity index (χ2n) is 5.49. The Morgan fingerprint density at radius 3 is 2.52 bits per heavy atom. The van der Waals surface area contributed by atoms with Crippen molar-refractivity contribution in [2.45, 2.75) is 0 Å². The summed E-state index contributed by atoms with van der Waals surface area (Å²) >= 11 is 0. The van der Waals surface area contributed by atoms with Crippen molar-refractivity contribution >= 4 is 17.4 Å². The van der Waals surface area contributed by atoms with Crippen LogP contribution in [0, 0.1) is 5.82 Å². The summed E-state index contributed by atoms with van der Waals surface area (Å²) in [5, 5.41) is 2.84. The Hall–Kier alpha value is -2.54. The topological polar surface area (TPSA) is 61.4 Å². The highest BCUT2D eigenvalue weighted by Crippen LogP contribution is 2.17. The number of likely N-dealkylation sites (N-methyl/N-ethyl adjacent to an activating group) is 1. The molecule has 0 spiro atoms. The van der Waals surface area contributed by atoms with Crippen molar-refractivity contribution < 1.29 is 9.18 Å². The van der Waals surface area contributed by atoms with Crippen molar-refractivity contribution in [1.82, 2.24) is 19.8 Å². The maximum absolute atomic E-state index is 13.6. The van der Waals surface area contributed by atoms with E-state index < -0.39 is 0 Å². The van der Waals surface area contributed by atoms with E-state index in [0.717, 1.165) is 13.1 Å². The molecule has 0 radical (unpaired) electrons. The van der Waals surface area contributed by atoms with E-state index in [2.05, 4.69) is 20.2 Å². The molecule has 1 saturated heterocycles. The van der Waals surface area contributed by atoms with E-state index in [9.17, 15) is 9.18 Å². The van der Waals surface area contributed by atoms with Crippen LogP contribution in [0.2, 0.25) is 0 Å². The van der Waals surface area contributed by atoms with Crippen LogP contribution < -0.4 is 5.32 Å². The lowest BCUT2D eigenvalue weighted by molar-refractivity contribution is 0.0658. The van der Waals surface area contributed by atoms with Gasteiger partial charge in [0.15, 0.2) is 0 Å². The average molecular weight is 315 g/mol. The molecule has 1 aromatic heterocycles. The Morgan fingerprint density at radius 2 is 1.87 bits per heavy atom. The largest absolute Gasteiger partial charge is 0.337 e. The molecule has 0 atom stereocenters. The first-order chi connectivity index (χ1) is 11.1. The predicted octanol–water partition coefficient (Wildman–Crippen LogP) is 1.75. The van der Waals surface area contributed by atoms with Gasteiger partial charge in [0.2, 0.25) is 0 Å². The fraction of sp³-hybridized carbons (Fsp3) is 0.312. The molecule has 3 rings (SSSR count). The number of anilines is 2. The van der Waals surface area contributed by atoms with E-state index in [0.29, 0.717) is 30.3 Å². The smallest absolute Gasteiger partial charge is 0.274 e. The van der Waals surface area contributed by atoms with Crippen molar-refractivity contribution in [2.24, 2.45) is 0 Å². The third-order valence-electron chi connectivity index (χ3n) is 3.80. The first-order valence-electron chi connectivity index (χ1n) is 7.45. The number of benzene rings is 1. The van der Waals surface area contributed by atoms with Gasteiger partial charge in [-0.25, -0.2) is 14.4 Å². The molecule has 120 valence electrons. The van der Waals surface area contributed by atoms with E-state index in [4.69, 9.17) is 0 Å². The quantitative estimate of drug-likeness (QED) is 0.935. The van der Waals surface area contributed by atoms with E-state index in [-0.39, 0.29) is 11.7 Å². The standard InChI is InChI=1S/C16H18FN5O/c1-21-6-8-22(9-7-21)16(23)14-10-19-15(11-18-14)20-13-5-3-2-4-12(13)17/h2-5,10-11H,6-9H2,1H3,(H,19,20). The van der Waals surface area contributed by atoms with Gasteiger partial charge in [-0.05, 0) is 19.2 Å². The first kappa shape index (κ1) is 15.4. The number of hydrogen-bond acceptors (Lipinski definition) is 5. The predicted molar refractivity (Wildman–Crippen MR) is 85.1 cm³/mol. The van der Waals surface area contributed by atoms with E-state index in [1.165, 1.54) is 18.5 Å². The van der Waals surface area contributed by atoms with Gasteiger partial charge in [0.1, 0.15) is 17.3 Å². The molecule has 0 unspecified atom stereocenters. The number of para-hydroxylation sites is 1. The SMILES string of the molecule is CN1CCN(C(=O)c2cnc(Nc3ccccc3F)cn2)CC1. The molecule has 0 saturated carbocycles. The van der Waals surface area contributed by atoms with Crippen molar-refractivity contribution in [1.29, 1.82) is 0 Å². The van der Waals surface area contributed by atoms with Crippen LogP contribution in [0.25, 0.3) is 0 Å². The van der Waals surface area contributed by atoms with Crippen molar-refractivity contribution in [3.63, 3.8) is 0 Å². The maximum Gasteiger partial charge on any atom is 0.274 e. The summed E-state index contributed by atoms with van der Waals surface area (Å²) in [7, 11) is 2.03. The zero-order chi connectivity index (χ0) is 16.2. The van der Waals surface area contributed by atoms with E-state index in [1.807, 2.05) is 7.05 Å². The second kappa shape index (κ2) is 6.70. The zero-order valence-corrected chi connectivity index (χ0v) is 12.9. The molecule has 1 N–H and O–H groups in total. The molecule has 0 aliphatic carbocycles. The minimum Gasteiger partial charge on any atom is -0.337 e. The molecule has 2 aromatic rings. The van der Waals surface area contributed by atoms with Crippen molar-refractivity contribution in [3.05, 3.63) is 48.2 Å². The van der Waals surface area contributed by atoms with Gasteiger partial charge in [-0.2, -0.15) is 0 Å². The summed E-state index contributed by atoms with van der Waals surface area (Å²) in [5.74, 6) is -0.0973. The van der Waals surface area contributed by atoms with Gasteiger partial charge < -0.3 is 15.1 Å². The van der Waals surface area contributed by atoms with E-state index >= 15 is 0 Å². The molecular formula is C16H18FN5O. The normalized spacial score (nSPS) is 15.5. The molecule has 1 aromatic carbocycles. The number of nitrogens with one attached hydrogen (secondary N) is 1. The van der Waals surface area contributed by atoms with Crippen LogP contribution >= 0.6 is 0 Å². The molecule has 1 fully saturated rings. The van der Waals surface area contributed by atoms with E-state index in [1.54, 1.807) is 23.1 Å². The van der Waals surface area contributed by atoms with Gasteiger partial charge in [0, 0.05) is 26.2 Å². The van der Waals surface area contributed by atoms with Crippen LogP contribution in [0.1, 0.15) is 10.5 Å². The fourth-order valence-electron chi connectivity index (χ4n) is 2.38. The number of piperazine rings is 1. The summed E-state index contributed by atoms with van der Waals surface area (Å²) in [6.07, 6.45) is 2.86. The Balaban J connectivity index is 1.67. The fourth-order valence-corrected chi connectivity index (χ4v) is 2.38. The molecule has 23 heavy (non-hydrogen) atoms. The third kappa shape index (κ3) is 3.62. The zero-order valence-electron chi connectivity index (χ0n) is 12.9. The van der Waals surface area contributed by atoms with Gasteiger partial charge in [0.25, 0.3) is 5.91 Å². The van der Waals surface area contributed by atoms with Gasteiger partial charge >= 0.3 is 0 Å². The maximum atomic E-state index is 13.6. The number of amides is 1. The Kier molecular flexibility index (Phi) is 4.47. The van der Waals surface area contributed by atoms with Gasteiger partial charge in [-0.15, -0.1) is 0 Å². The van der Waals surface area contributed by atoms with Gasteiger partial charge in [-0.3, -0.25) is 4.79 Å². The molecule has 1 aliphatic heterocycles. The Labute approximate surface area is 134 Å². The number of nitrogens with zero attached hydrogens (tertiary/aromatic N) is 4. The minimum atomic E-state index is -0.369. The lowest BCUT2D eigenvalue weighted by atomic mass is 10.3. The van der Waals surface area contributed by atoms with Crippen LogP contribution in [0.4, 0.5) is 15.9 Å². The number of hydrogen-bond donors (Lipinski definition) is 1. The molecule has 0 bridgehead atoms. The lowest BCUT2D eigenvalue weighted by Crippen LogP contribution is -2.47. The van der Waals surface area contributed by atoms with Gasteiger partial charge in [-0.1, -0.05) is 12.1 Å². The highest BCUT2D eigenvalue weighted by Gasteiger charge is 2.21. The minimum absolute atomic E-state index is 0.122. The number of aromatic nitrogens is 2. The average Bonchev–Trinajstić information content (AvgIpc) is 2.58. The third-order valence-corrected chi connectivity index (χ3v) is 3.80. The van der Waals surface area contributed by atoms with Crippen molar-refractivity contribution in [2.75, 3.05) is 38.5 Å². The van der Waals surface area contributed by atoms with Crippen LogP contribution in [-0.4, -0.2) is 58.9 Å². The monoisotopic (exact) mass is 315 g/mol. The molecule has 7 heteroatoms. The van der Waals surface area contributed by atoms with Crippen LogP contribution in [-0.2, 0) is 0 Å². The summed E-state index contributed by atoms with van der Waals surface area (Å²) in [4.78, 5) is 24.6. The van der Waals surface area contributed by atoms with Gasteiger partial charge in [0.05, 0.1) is 18.1 Å². The highest BCUT2D eigenvalue weighted by atomic mass is 19.1. The second-order valence-corrected chi connectivity index (χ2v) is 5.49. The molecular weight excluding hydrogens is 297 g/mol. The Bertz CT molecular complexity index is 683. The number of halogens is 1. The van der Waals surface area contributed by atoms with Crippen molar-refractivity contribution in [3.8, 4) is 0 Å². The summed E-state index contributed by atoms with van der Waals surface area (Å²) in [6, 6.07) is 6.31. The Morgan fingerprint density at radius 1 is 1.13 bits per heavy atom. The number of rotatable bonds is 3. The molecule has 2 heterocycles.